The smallest absolute Gasteiger partial charge is 0.399 e. The summed E-state index contributed by atoms with van der Waals surface area (Å²) in [5.41, 5.74) is 2.94. The minimum Gasteiger partial charge on any atom is -0.399 e. The number of hydrogen-bond acceptors (Lipinski definition) is 3. The summed E-state index contributed by atoms with van der Waals surface area (Å²) in [5, 5.41) is 5.73. The maximum Gasteiger partial charge on any atom is 0.494 e. The van der Waals surface area contributed by atoms with Gasteiger partial charge >= 0.3 is 13.1 Å². The highest BCUT2D eigenvalue weighted by atomic mass is 16.7. The van der Waals surface area contributed by atoms with Crippen LogP contribution in [-0.4, -0.2) is 32.2 Å². The zero-order chi connectivity index (χ0) is 20.2. The van der Waals surface area contributed by atoms with Crippen LogP contribution in [0.4, 0.5) is 10.5 Å². The number of hydrogen-bond donors (Lipinski definition) is 2. The van der Waals surface area contributed by atoms with Gasteiger partial charge in [-0.3, -0.25) is 0 Å². The van der Waals surface area contributed by atoms with Crippen molar-refractivity contribution >= 4 is 32.1 Å². The molecular formula is C20H30B2N2O3. The number of allylic oxidation sites excluding steroid dienone is 4. The molecule has 2 N–H and O–H groups in total. The molecule has 7 heteroatoms. The van der Waals surface area contributed by atoms with Crippen LogP contribution < -0.4 is 16.1 Å². The van der Waals surface area contributed by atoms with E-state index in [0.717, 1.165) is 17.6 Å². The van der Waals surface area contributed by atoms with Crippen LogP contribution in [0.5, 0.6) is 0 Å². The predicted octanol–water partition coefficient (Wildman–Crippen LogP) is 2.94. The third-order valence-corrected chi connectivity index (χ3v) is 4.97. The standard InChI is InChI=1S/C20H30B2N2O3/c1-7-16(11-8-14(2)21)23-18(25)24-17-12-9-15(10-13-17)22-26-19(3,4)20(5,6)27-22/h8-13H,7,21H2,1-6H3,(H2,23,24,25)/b14-8+,16-11+. The second-order valence-corrected chi connectivity index (χ2v) is 8.08. The molecule has 1 saturated heterocycles. The maximum atomic E-state index is 12.2. The summed E-state index contributed by atoms with van der Waals surface area (Å²) >= 11 is 0. The monoisotopic (exact) mass is 368 g/mol. The first-order valence-corrected chi connectivity index (χ1v) is 9.42. The molecule has 0 aromatic heterocycles. The Morgan fingerprint density at radius 2 is 1.67 bits per heavy atom. The van der Waals surface area contributed by atoms with E-state index in [9.17, 15) is 4.79 Å². The molecule has 1 fully saturated rings. The van der Waals surface area contributed by atoms with Crippen molar-refractivity contribution in [3.8, 4) is 0 Å². The van der Waals surface area contributed by atoms with Gasteiger partial charge in [0, 0.05) is 11.4 Å². The normalized spacial score (nSPS) is 19.1. The maximum absolute atomic E-state index is 12.2. The molecule has 1 aliphatic rings. The minimum atomic E-state index is -0.406. The Kier molecular flexibility index (Phi) is 6.60. The fourth-order valence-corrected chi connectivity index (χ4v) is 2.53. The number of benzene rings is 1. The van der Waals surface area contributed by atoms with E-state index in [4.69, 9.17) is 9.31 Å². The number of amides is 2. The number of urea groups is 1. The van der Waals surface area contributed by atoms with Crippen molar-refractivity contribution in [2.45, 2.75) is 59.2 Å². The van der Waals surface area contributed by atoms with E-state index < -0.39 is 7.12 Å². The average Bonchev–Trinajstić information content (AvgIpc) is 2.79. The van der Waals surface area contributed by atoms with Gasteiger partial charge in [-0.2, -0.15) is 0 Å². The van der Waals surface area contributed by atoms with Crippen LogP contribution >= 0.6 is 0 Å². The highest BCUT2D eigenvalue weighted by molar-refractivity contribution is 6.62. The Morgan fingerprint density at radius 1 is 1.11 bits per heavy atom. The summed E-state index contributed by atoms with van der Waals surface area (Å²) in [5.74, 6) is 0. The summed E-state index contributed by atoms with van der Waals surface area (Å²) in [6.07, 6.45) is 4.66. The molecule has 2 amide bonds. The van der Waals surface area contributed by atoms with Crippen molar-refractivity contribution in [2.75, 3.05) is 5.32 Å². The summed E-state index contributed by atoms with van der Waals surface area (Å²) in [7, 11) is 1.61. The van der Waals surface area contributed by atoms with Crippen LogP contribution in [0.15, 0.2) is 47.6 Å². The van der Waals surface area contributed by atoms with Gasteiger partial charge in [0.25, 0.3) is 0 Å². The molecule has 0 aliphatic carbocycles. The van der Waals surface area contributed by atoms with E-state index in [1.807, 2.05) is 85.8 Å². The topological polar surface area (TPSA) is 59.6 Å². The van der Waals surface area contributed by atoms with Gasteiger partial charge in [0.15, 0.2) is 0 Å². The molecule has 0 saturated carbocycles. The van der Waals surface area contributed by atoms with Gasteiger partial charge < -0.3 is 19.9 Å². The summed E-state index contributed by atoms with van der Waals surface area (Å²) in [4.78, 5) is 12.2. The molecule has 27 heavy (non-hydrogen) atoms. The van der Waals surface area contributed by atoms with Crippen molar-refractivity contribution < 1.29 is 14.1 Å². The number of rotatable bonds is 5. The van der Waals surface area contributed by atoms with Gasteiger partial charge in [0.2, 0.25) is 0 Å². The van der Waals surface area contributed by atoms with Gasteiger partial charge in [-0.15, -0.1) is 5.47 Å². The number of nitrogens with one attached hydrogen (secondary N) is 2. The molecule has 1 aromatic rings. The van der Waals surface area contributed by atoms with E-state index in [0.29, 0.717) is 5.69 Å². The fraction of sp³-hybridized carbons (Fsp3) is 0.450. The second-order valence-electron chi connectivity index (χ2n) is 8.08. The van der Waals surface area contributed by atoms with E-state index >= 15 is 0 Å². The van der Waals surface area contributed by atoms with Crippen molar-refractivity contribution in [3.05, 3.63) is 47.6 Å². The lowest BCUT2D eigenvalue weighted by atomic mass is 9.79. The minimum absolute atomic E-state index is 0.256. The van der Waals surface area contributed by atoms with Gasteiger partial charge in [-0.1, -0.05) is 32.1 Å². The molecule has 1 aliphatic heterocycles. The largest absolute Gasteiger partial charge is 0.494 e. The van der Waals surface area contributed by atoms with Crippen molar-refractivity contribution in [1.29, 1.82) is 0 Å². The lowest BCUT2D eigenvalue weighted by molar-refractivity contribution is 0.00578. The van der Waals surface area contributed by atoms with Crippen LogP contribution in [0, 0.1) is 0 Å². The molecule has 1 aromatic carbocycles. The first-order chi connectivity index (χ1) is 12.5. The third kappa shape index (κ3) is 5.50. The Hall–Kier alpha value is -1.98. The van der Waals surface area contributed by atoms with Gasteiger partial charge in [-0.25, -0.2) is 4.79 Å². The third-order valence-electron chi connectivity index (χ3n) is 4.97. The van der Waals surface area contributed by atoms with Gasteiger partial charge in [0.05, 0.1) is 11.2 Å². The predicted molar refractivity (Wildman–Crippen MR) is 115 cm³/mol. The molecule has 0 unspecified atom stereocenters. The number of carbonyl (C=O) groups excluding carboxylic acids is 1. The molecule has 1 heterocycles. The lowest BCUT2D eigenvalue weighted by Crippen LogP contribution is -2.41. The molecule has 144 valence electrons. The molecule has 0 radical (unpaired) electrons. The average molecular weight is 368 g/mol. The summed E-state index contributed by atoms with van der Waals surface area (Å²) in [6.45, 7) is 12.1. The van der Waals surface area contributed by atoms with E-state index in [2.05, 4.69) is 10.6 Å². The molecule has 5 nitrogen and oxygen atoms in total. The highest BCUT2D eigenvalue weighted by Crippen LogP contribution is 2.36. The molecule has 0 bridgehead atoms. The lowest BCUT2D eigenvalue weighted by Gasteiger charge is -2.32. The van der Waals surface area contributed by atoms with Crippen LogP contribution in [0.3, 0.4) is 0 Å². The van der Waals surface area contributed by atoms with Crippen LogP contribution in [0.25, 0.3) is 0 Å². The van der Waals surface area contributed by atoms with Gasteiger partial charge in [0.1, 0.15) is 7.85 Å². The van der Waals surface area contributed by atoms with Gasteiger partial charge in [-0.05, 0) is 57.8 Å². The first-order valence-electron chi connectivity index (χ1n) is 9.42. The first kappa shape index (κ1) is 21.3. The Bertz CT molecular complexity index is 720. The Morgan fingerprint density at radius 3 is 2.15 bits per heavy atom. The Labute approximate surface area is 164 Å². The molecule has 2 rings (SSSR count). The van der Waals surface area contributed by atoms with E-state index in [1.165, 1.54) is 5.47 Å². The highest BCUT2D eigenvalue weighted by Gasteiger charge is 2.51. The SMILES string of the molecule is B/C(C)=C/C=C(\CC)NC(=O)Nc1ccc(B2OC(C)(C)C(C)(C)O2)cc1. The fourth-order valence-electron chi connectivity index (χ4n) is 2.53. The van der Waals surface area contributed by atoms with E-state index in [-0.39, 0.29) is 17.2 Å². The summed E-state index contributed by atoms with van der Waals surface area (Å²) in [6, 6.07) is 7.28. The van der Waals surface area contributed by atoms with Crippen molar-refractivity contribution in [2.24, 2.45) is 0 Å². The summed E-state index contributed by atoms with van der Waals surface area (Å²) < 4.78 is 12.1. The quantitative estimate of drug-likeness (QED) is 0.621. The Balaban J connectivity index is 1.99. The van der Waals surface area contributed by atoms with Crippen LogP contribution in [-0.2, 0) is 9.31 Å². The van der Waals surface area contributed by atoms with Crippen LogP contribution in [0.2, 0.25) is 0 Å². The molecular weight excluding hydrogens is 338 g/mol. The van der Waals surface area contributed by atoms with E-state index in [1.54, 1.807) is 0 Å². The zero-order valence-electron chi connectivity index (χ0n) is 17.5. The van der Waals surface area contributed by atoms with Crippen molar-refractivity contribution in [1.82, 2.24) is 5.32 Å². The molecule has 0 spiro atoms. The zero-order valence-corrected chi connectivity index (χ0v) is 17.5. The molecule has 0 atom stereocenters. The number of carbonyl (C=O) groups is 1. The second kappa shape index (κ2) is 8.36. The van der Waals surface area contributed by atoms with Crippen LogP contribution in [0.1, 0.15) is 48.0 Å². The van der Waals surface area contributed by atoms with Crippen molar-refractivity contribution in [3.63, 3.8) is 0 Å². The number of anilines is 1.